The zero-order valence-electron chi connectivity index (χ0n) is 46.8. The van der Waals surface area contributed by atoms with E-state index in [9.17, 15) is 0 Å². The third-order valence-corrected chi connectivity index (χ3v) is 16.6. The summed E-state index contributed by atoms with van der Waals surface area (Å²) in [4.78, 5) is 15.4. The lowest BCUT2D eigenvalue weighted by Crippen LogP contribution is -2.10. The Hall–Kier alpha value is -10.0. The molecule has 0 bridgehead atoms. The summed E-state index contributed by atoms with van der Waals surface area (Å²) < 4.78 is 4.83. The molecule has 11 aromatic carbocycles. The Morgan fingerprint density at radius 2 is 0.549 bits per heavy atom. The molecule has 82 heavy (non-hydrogen) atoms. The molecule has 396 valence electrons. The van der Waals surface area contributed by atoms with Crippen molar-refractivity contribution in [1.82, 2.24) is 19.1 Å². The van der Waals surface area contributed by atoms with E-state index in [1.54, 1.807) is 0 Å². The first-order valence-corrected chi connectivity index (χ1v) is 29.0. The second-order valence-electron chi connectivity index (χ2n) is 21.4. The van der Waals surface area contributed by atoms with E-state index in [4.69, 9.17) is 9.97 Å². The first-order chi connectivity index (χ1) is 40.4. The molecule has 14 rings (SSSR count). The minimum atomic E-state index is 0.828. The van der Waals surface area contributed by atoms with Crippen LogP contribution in [0.5, 0.6) is 0 Å². The number of hydrogen-bond acceptors (Lipinski definition) is 4. The normalized spacial score (nSPS) is 11.6. The summed E-state index contributed by atoms with van der Waals surface area (Å²) in [6.07, 6.45) is 4.02. The van der Waals surface area contributed by atoms with Crippen LogP contribution in [0.15, 0.2) is 255 Å². The fourth-order valence-electron chi connectivity index (χ4n) is 12.2. The van der Waals surface area contributed by atoms with Crippen molar-refractivity contribution in [2.24, 2.45) is 0 Å². The maximum atomic E-state index is 5.36. The van der Waals surface area contributed by atoms with E-state index in [2.05, 4.69) is 277 Å². The molecule has 0 N–H and O–H groups in total. The van der Waals surface area contributed by atoms with Gasteiger partial charge in [0.1, 0.15) is 0 Å². The van der Waals surface area contributed by atoms with Crippen molar-refractivity contribution in [3.05, 3.63) is 277 Å². The predicted molar refractivity (Wildman–Crippen MR) is 346 cm³/mol. The highest BCUT2D eigenvalue weighted by Crippen LogP contribution is 2.42. The van der Waals surface area contributed by atoms with Crippen LogP contribution in [0.1, 0.15) is 49.9 Å². The van der Waals surface area contributed by atoms with E-state index >= 15 is 0 Å². The summed E-state index contributed by atoms with van der Waals surface area (Å²) in [7, 11) is 0. The van der Waals surface area contributed by atoms with Gasteiger partial charge in [-0.15, -0.1) is 0 Å². The third kappa shape index (κ3) is 8.94. The first kappa shape index (κ1) is 50.2. The van der Waals surface area contributed by atoms with E-state index in [1.807, 2.05) is 24.3 Å². The lowest BCUT2D eigenvalue weighted by Gasteiger charge is -2.26. The molecule has 0 aliphatic carbocycles. The van der Waals surface area contributed by atoms with E-state index in [1.165, 1.54) is 65.9 Å². The molecule has 0 unspecified atom stereocenters. The summed E-state index contributed by atoms with van der Waals surface area (Å²) in [5, 5.41) is 5.21. The Kier molecular flexibility index (Phi) is 13.0. The molecule has 3 aromatic heterocycles. The largest absolute Gasteiger partial charge is 0.311 e. The Morgan fingerprint density at radius 1 is 0.280 bits per heavy atom. The summed E-state index contributed by atoms with van der Waals surface area (Å²) in [6.45, 7) is 8.92. The van der Waals surface area contributed by atoms with Crippen molar-refractivity contribution in [2.45, 2.75) is 53.4 Å². The van der Waals surface area contributed by atoms with Gasteiger partial charge in [-0.2, -0.15) is 0 Å². The average Bonchev–Trinajstić information content (AvgIpc) is 3.52. The van der Waals surface area contributed by atoms with Gasteiger partial charge in [-0.3, -0.25) is 0 Å². The molecule has 0 aliphatic rings. The average molecular weight is 1060 g/mol. The summed E-state index contributed by atoms with van der Waals surface area (Å²) in [6, 6.07) is 92.8. The highest BCUT2D eigenvalue weighted by atomic mass is 15.1. The van der Waals surface area contributed by atoms with Gasteiger partial charge in [0.25, 0.3) is 0 Å². The molecule has 0 saturated heterocycles. The van der Waals surface area contributed by atoms with Gasteiger partial charge in [0.05, 0.1) is 44.5 Å². The van der Waals surface area contributed by atoms with Gasteiger partial charge < -0.3 is 18.9 Å². The molecule has 6 heteroatoms. The minimum Gasteiger partial charge on any atom is -0.311 e. The van der Waals surface area contributed by atoms with Gasteiger partial charge in [-0.05, 0) is 206 Å². The number of rotatable bonds is 14. The quantitative estimate of drug-likeness (QED) is 0.109. The lowest BCUT2D eigenvalue weighted by atomic mass is 10.0. The molecule has 0 spiro atoms. The SMILES string of the molecule is CCc1ccc2c(c1)c1cc(CC)ccc1n2-c1ccc(N(c2ccccc2)c2ccc(-c3nc4ccccc4nc3-c3ccc(N(c4ccccc4)c4ccc(-n5c6ccc(CC)cc6c6cc(CC)ccc65)cc4)cc3)cc2)cc1. The Balaban J connectivity index is 0.805. The van der Waals surface area contributed by atoms with Crippen LogP contribution in [0.25, 0.3) is 88.5 Å². The van der Waals surface area contributed by atoms with Crippen molar-refractivity contribution in [2.75, 3.05) is 9.80 Å². The smallest absolute Gasteiger partial charge is 0.0973 e. The monoisotopic (exact) mass is 1060 g/mol. The summed E-state index contributed by atoms with van der Waals surface area (Å²) in [5.74, 6) is 0. The molecule has 0 aliphatic heterocycles. The zero-order chi connectivity index (χ0) is 55.3. The minimum absolute atomic E-state index is 0.828. The van der Waals surface area contributed by atoms with Gasteiger partial charge in [0.2, 0.25) is 0 Å². The Morgan fingerprint density at radius 3 is 0.841 bits per heavy atom. The highest BCUT2D eigenvalue weighted by molar-refractivity contribution is 6.11. The van der Waals surface area contributed by atoms with E-state index < -0.39 is 0 Å². The number of aryl methyl sites for hydroxylation is 4. The first-order valence-electron chi connectivity index (χ1n) is 29.0. The molecule has 0 radical (unpaired) electrons. The Labute approximate surface area is 479 Å². The van der Waals surface area contributed by atoms with Gasteiger partial charge in [-0.1, -0.05) is 125 Å². The van der Waals surface area contributed by atoms with Gasteiger partial charge in [0, 0.05) is 78.2 Å². The van der Waals surface area contributed by atoms with Crippen LogP contribution in [0.2, 0.25) is 0 Å². The van der Waals surface area contributed by atoms with Crippen LogP contribution in [-0.4, -0.2) is 19.1 Å². The second-order valence-corrected chi connectivity index (χ2v) is 21.4. The van der Waals surface area contributed by atoms with Crippen LogP contribution in [0, 0.1) is 0 Å². The molecule has 0 amide bonds. The number of anilines is 6. The summed E-state index contributed by atoms with van der Waals surface area (Å²) >= 11 is 0. The topological polar surface area (TPSA) is 42.1 Å². The maximum Gasteiger partial charge on any atom is 0.0973 e. The van der Waals surface area contributed by atoms with E-state index in [-0.39, 0.29) is 0 Å². The molecule has 14 aromatic rings. The van der Waals surface area contributed by atoms with Gasteiger partial charge in [0.15, 0.2) is 0 Å². The molecule has 0 fully saturated rings. The second kappa shape index (κ2) is 21.2. The number of hydrogen-bond donors (Lipinski definition) is 0. The molecular formula is C76H62N6. The highest BCUT2D eigenvalue weighted by Gasteiger charge is 2.21. The van der Waals surface area contributed by atoms with Crippen molar-refractivity contribution < 1.29 is 0 Å². The molecular weight excluding hydrogens is 997 g/mol. The lowest BCUT2D eigenvalue weighted by molar-refractivity contribution is 1.13. The van der Waals surface area contributed by atoms with E-state index in [0.29, 0.717) is 0 Å². The number of para-hydroxylation sites is 4. The molecule has 6 nitrogen and oxygen atoms in total. The van der Waals surface area contributed by atoms with Crippen LogP contribution in [0.4, 0.5) is 34.1 Å². The van der Waals surface area contributed by atoms with Crippen LogP contribution in [-0.2, 0) is 25.7 Å². The van der Waals surface area contributed by atoms with Crippen molar-refractivity contribution in [3.63, 3.8) is 0 Å². The standard InChI is InChI=1S/C76H62N6/c1-5-51-23-43-71-65(47-51)66-48-52(6-2)24-44-72(66)81(71)63-39-35-61(36-40-63)79(57-17-11-9-12-18-57)59-31-27-55(28-32-59)75-76(78-70-22-16-15-21-69(70)77-75)56-29-33-60(34-30-56)80(58-19-13-10-14-20-58)62-37-41-64(42-38-62)82-73-45-25-53(7-3)49-67(73)68-50-54(8-4)26-46-74(68)82/h9-50H,5-8H2,1-4H3. The van der Waals surface area contributed by atoms with Crippen molar-refractivity contribution >= 4 is 88.8 Å². The fourth-order valence-corrected chi connectivity index (χ4v) is 12.2. The van der Waals surface area contributed by atoms with Crippen LogP contribution < -0.4 is 9.80 Å². The predicted octanol–water partition coefficient (Wildman–Crippen LogP) is 20.3. The number of aromatic nitrogens is 4. The molecule has 0 atom stereocenters. The number of fused-ring (bicyclic) bond motifs is 7. The van der Waals surface area contributed by atoms with Crippen LogP contribution >= 0.6 is 0 Å². The van der Waals surface area contributed by atoms with Crippen molar-refractivity contribution in [3.8, 4) is 33.9 Å². The summed E-state index contributed by atoms with van der Waals surface area (Å²) in [5.41, 5.74) is 24.2. The Bertz CT molecular complexity index is 4210. The zero-order valence-corrected chi connectivity index (χ0v) is 46.8. The van der Waals surface area contributed by atoms with Gasteiger partial charge >= 0.3 is 0 Å². The molecule has 0 saturated carbocycles. The number of nitrogens with zero attached hydrogens (tertiary/aromatic N) is 6. The van der Waals surface area contributed by atoms with Crippen molar-refractivity contribution in [1.29, 1.82) is 0 Å². The molecule has 3 heterocycles. The van der Waals surface area contributed by atoms with E-state index in [0.717, 1.165) is 105 Å². The van der Waals surface area contributed by atoms with Gasteiger partial charge in [-0.25, -0.2) is 9.97 Å². The number of benzene rings is 11. The fraction of sp³-hybridized carbons (Fsp3) is 0.105. The third-order valence-electron chi connectivity index (χ3n) is 16.6. The maximum absolute atomic E-state index is 5.36. The van der Waals surface area contributed by atoms with Crippen LogP contribution in [0.3, 0.4) is 0 Å².